The maximum absolute atomic E-state index is 9.79. The van der Waals surface area contributed by atoms with Crippen molar-refractivity contribution in [2.45, 2.75) is 38.0 Å². The van der Waals surface area contributed by atoms with Gasteiger partial charge in [0.1, 0.15) is 5.82 Å². The molecule has 2 aliphatic heterocycles. The van der Waals surface area contributed by atoms with Gasteiger partial charge >= 0.3 is 0 Å². The lowest BCUT2D eigenvalue weighted by Crippen LogP contribution is -2.44. The zero-order chi connectivity index (χ0) is 21.5. The Morgan fingerprint density at radius 3 is 2.84 bits per heavy atom. The van der Waals surface area contributed by atoms with E-state index >= 15 is 0 Å². The van der Waals surface area contributed by atoms with E-state index in [-0.39, 0.29) is 6.10 Å². The number of piperidine rings is 1. The molecule has 9 heteroatoms. The first-order valence-corrected chi connectivity index (χ1v) is 11.3. The molecule has 3 aromatic heterocycles. The molecule has 2 fully saturated rings. The van der Waals surface area contributed by atoms with E-state index in [4.69, 9.17) is 4.98 Å². The third-order valence-corrected chi connectivity index (χ3v) is 6.72. The Bertz CT molecular complexity index is 1250. The molecule has 0 aliphatic carbocycles. The van der Waals surface area contributed by atoms with Crippen molar-refractivity contribution in [3.63, 3.8) is 0 Å². The molecular weight excluding hydrogens is 404 g/mol. The van der Waals surface area contributed by atoms with Crippen LogP contribution in [0.2, 0.25) is 0 Å². The standard InChI is InChI=1S/C23H26N8O/c32-19-6-10-29(11-7-19)18-5-9-30(15-18)21-13-25-22-23(26-21)31(28-27-22)14-16-3-4-20-17(12-16)2-1-8-24-20/h1-4,8,12-13,18-19,32H,5-7,9-11,14-15H2/t18-/m0/s1. The minimum Gasteiger partial charge on any atom is -0.393 e. The van der Waals surface area contributed by atoms with Crippen LogP contribution in [0, 0.1) is 0 Å². The number of benzene rings is 1. The van der Waals surface area contributed by atoms with E-state index in [1.54, 1.807) is 0 Å². The van der Waals surface area contributed by atoms with Crippen molar-refractivity contribution in [2.75, 3.05) is 31.1 Å². The van der Waals surface area contributed by atoms with Crippen molar-refractivity contribution < 1.29 is 5.11 Å². The van der Waals surface area contributed by atoms with Gasteiger partial charge in [0.05, 0.1) is 24.4 Å². The Morgan fingerprint density at radius 2 is 1.94 bits per heavy atom. The van der Waals surface area contributed by atoms with Crippen LogP contribution >= 0.6 is 0 Å². The molecule has 32 heavy (non-hydrogen) atoms. The smallest absolute Gasteiger partial charge is 0.221 e. The highest BCUT2D eigenvalue weighted by molar-refractivity contribution is 5.79. The maximum atomic E-state index is 9.79. The predicted octanol–water partition coefficient (Wildman–Crippen LogP) is 1.85. The second-order valence-corrected chi connectivity index (χ2v) is 8.81. The summed E-state index contributed by atoms with van der Waals surface area (Å²) in [6.07, 6.45) is 6.34. The fraction of sp³-hybridized carbons (Fsp3) is 0.435. The summed E-state index contributed by atoms with van der Waals surface area (Å²) >= 11 is 0. The molecule has 2 saturated heterocycles. The number of aliphatic hydroxyl groups is 1. The average Bonchev–Trinajstić information content (AvgIpc) is 3.47. The number of aliphatic hydroxyl groups excluding tert-OH is 1. The van der Waals surface area contributed by atoms with Crippen molar-refractivity contribution in [2.24, 2.45) is 0 Å². The third-order valence-electron chi connectivity index (χ3n) is 6.72. The number of fused-ring (bicyclic) bond motifs is 2. The third kappa shape index (κ3) is 3.67. The zero-order valence-corrected chi connectivity index (χ0v) is 17.9. The van der Waals surface area contributed by atoms with Crippen LogP contribution in [0.3, 0.4) is 0 Å². The van der Waals surface area contributed by atoms with Gasteiger partial charge in [-0.1, -0.05) is 17.3 Å². The van der Waals surface area contributed by atoms with Gasteiger partial charge in [-0.15, -0.1) is 5.10 Å². The van der Waals surface area contributed by atoms with E-state index in [0.29, 0.717) is 23.9 Å². The summed E-state index contributed by atoms with van der Waals surface area (Å²) in [5.41, 5.74) is 3.38. The Balaban J connectivity index is 1.22. The SMILES string of the molecule is OC1CCN([C@H]2CCN(c3cnc4nnn(Cc5ccc6ncccc6c5)c4n3)C2)CC1. The molecule has 0 amide bonds. The van der Waals surface area contributed by atoms with Crippen molar-refractivity contribution >= 4 is 28.0 Å². The van der Waals surface area contributed by atoms with Crippen LogP contribution in [0.1, 0.15) is 24.8 Å². The highest BCUT2D eigenvalue weighted by atomic mass is 16.3. The van der Waals surface area contributed by atoms with Gasteiger partial charge in [0.25, 0.3) is 0 Å². The molecule has 0 unspecified atom stereocenters. The Hall–Kier alpha value is -3.17. The quantitative estimate of drug-likeness (QED) is 0.524. The first kappa shape index (κ1) is 19.5. The van der Waals surface area contributed by atoms with Crippen molar-refractivity contribution in [1.29, 1.82) is 0 Å². The van der Waals surface area contributed by atoms with Crippen LogP contribution in [-0.4, -0.2) is 78.3 Å². The van der Waals surface area contributed by atoms with E-state index in [9.17, 15) is 5.11 Å². The van der Waals surface area contributed by atoms with Gasteiger partial charge in [0, 0.05) is 43.8 Å². The number of hydrogen-bond donors (Lipinski definition) is 1. The van der Waals surface area contributed by atoms with E-state index in [1.807, 2.05) is 29.2 Å². The number of nitrogens with zero attached hydrogens (tertiary/aromatic N) is 8. The molecule has 4 aromatic rings. The minimum absolute atomic E-state index is 0.135. The highest BCUT2D eigenvalue weighted by Crippen LogP contribution is 2.25. The first-order valence-electron chi connectivity index (χ1n) is 11.3. The Morgan fingerprint density at radius 1 is 1.03 bits per heavy atom. The molecule has 0 radical (unpaired) electrons. The van der Waals surface area contributed by atoms with Gasteiger partial charge in [-0.25, -0.2) is 14.6 Å². The molecule has 0 bridgehead atoms. The largest absolute Gasteiger partial charge is 0.393 e. The topological polar surface area (TPSA) is 96.1 Å². The van der Waals surface area contributed by atoms with Crippen LogP contribution in [0.15, 0.2) is 42.7 Å². The van der Waals surface area contributed by atoms with E-state index < -0.39 is 0 Å². The summed E-state index contributed by atoms with van der Waals surface area (Å²) in [7, 11) is 0. The van der Waals surface area contributed by atoms with Gasteiger partial charge in [0.15, 0.2) is 5.65 Å². The molecule has 1 N–H and O–H groups in total. The maximum Gasteiger partial charge on any atom is 0.221 e. The first-order chi connectivity index (χ1) is 15.7. The molecule has 6 rings (SSSR count). The Kier molecular flexibility index (Phi) is 4.92. The van der Waals surface area contributed by atoms with Crippen LogP contribution in [0.25, 0.3) is 22.2 Å². The number of hydrogen-bond acceptors (Lipinski definition) is 8. The van der Waals surface area contributed by atoms with Gasteiger partial charge in [-0.3, -0.25) is 9.88 Å². The van der Waals surface area contributed by atoms with Gasteiger partial charge in [-0.2, -0.15) is 0 Å². The number of aromatic nitrogens is 6. The molecule has 0 spiro atoms. The van der Waals surface area contributed by atoms with E-state index in [2.05, 4.69) is 48.3 Å². The second kappa shape index (κ2) is 8.07. The molecular formula is C23H26N8O. The molecule has 1 aromatic carbocycles. The monoisotopic (exact) mass is 430 g/mol. The van der Waals surface area contributed by atoms with Gasteiger partial charge < -0.3 is 10.0 Å². The lowest BCUT2D eigenvalue weighted by molar-refractivity contribution is 0.0653. The molecule has 5 heterocycles. The van der Waals surface area contributed by atoms with Gasteiger partial charge in [0.2, 0.25) is 5.65 Å². The fourth-order valence-corrected chi connectivity index (χ4v) is 4.90. The Labute approximate surface area is 185 Å². The number of pyridine rings is 1. The summed E-state index contributed by atoms with van der Waals surface area (Å²) in [6.45, 7) is 4.43. The van der Waals surface area contributed by atoms with E-state index in [1.165, 1.54) is 0 Å². The highest BCUT2D eigenvalue weighted by Gasteiger charge is 2.31. The predicted molar refractivity (Wildman–Crippen MR) is 121 cm³/mol. The fourth-order valence-electron chi connectivity index (χ4n) is 4.90. The number of rotatable bonds is 4. The summed E-state index contributed by atoms with van der Waals surface area (Å²) in [5, 5.41) is 19.4. The average molecular weight is 431 g/mol. The second-order valence-electron chi connectivity index (χ2n) is 8.81. The minimum atomic E-state index is -0.135. The van der Waals surface area contributed by atoms with Crippen LogP contribution in [0.4, 0.5) is 5.82 Å². The normalized spacial score (nSPS) is 20.5. The number of likely N-dealkylation sites (tertiary alicyclic amines) is 1. The van der Waals surface area contributed by atoms with E-state index in [0.717, 1.165) is 67.7 Å². The number of anilines is 1. The molecule has 1 atom stereocenters. The molecule has 164 valence electrons. The molecule has 9 nitrogen and oxygen atoms in total. The molecule has 0 saturated carbocycles. The lowest BCUT2D eigenvalue weighted by atomic mass is 10.1. The van der Waals surface area contributed by atoms with Crippen LogP contribution in [-0.2, 0) is 6.54 Å². The molecule has 2 aliphatic rings. The lowest BCUT2D eigenvalue weighted by Gasteiger charge is -2.34. The summed E-state index contributed by atoms with van der Waals surface area (Å²) in [5.74, 6) is 0.878. The van der Waals surface area contributed by atoms with Gasteiger partial charge in [-0.05, 0) is 43.0 Å². The van der Waals surface area contributed by atoms with Crippen molar-refractivity contribution in [1.82, 2.24) is 34.8 Å². The summed E-state index contributed by atoms with van der Waals surface area (Å²) in [6, 6.07) is 10.8. The van der Waals surface area contributed by atoms with Crippen molar-refractivity contribution in [3.05, 3.63) is 48.3 Å². The zero-order valence-electron chi connectivity index (χ0n) is 17.9. The van der Waals surface area contributed by atoms with Crippen LogP contribution in [0.5, 0.6) is 0 Å². The summed E-state index contributed by atoms with van der Waals surface area (Å²) < 4.78 is 1.82. The van der Waals surface area contributed by atoms with Crippen LogP contribution < -0.4 is 4.90 Å². The van der Waals surface area contributed by atoms with Crippen molar-refractivity contribution in [3.8, 4) is 0 Å². The summed E-state index contributed by atoms with van der Waals surface area (Å²) in [4.78, 5) is 18.6.